The molecule has 1 aromatic carbocycles. The van der Waals surface area contributed by atoms with Gasteiger partial charge in [0.15, 0.2) is 0 Å². The average Bonchev–Trinajstić information content (AvgIpc) is 3.23. The first-order valence-corrected chi connectivity index (χ1v) is 8.80. The number of fused-ring (bicyclic) bond motifs is 1. The molecule has 2 aliphatic rings. The molecule has 1 saturated heterocycles. The van der Waals surface area contributed by atoms with E-state index in [1.54, 1.807) is 0 Å². The van der Waals surface area contributed by atoms with E-state index in [1.807, 2.05) is 12.4 Å². The minimum Gasteiger partial charge on any atom is -0.369 e. The highest BCUT2D eigenvalue weighted by atomic mass is 16.5. The van der Waals surface area contributed by atoms with Crippen LogP contribution in [0.25, 0.3) is 0 Å². The first kappa shape index (κ1) is 14.9. The smallest absolute Gasteiger partial charge is 0.139 e. The lowest BCUT2D eigenvalue weighted by atomic mass is 9.87. The first-order chi connectivity index (χ1) is 11.3. The van der Waals surface area contributed by atoms with Crippen LogP contribution in [0.15, 0.2) is 36.7 Å². The molecular formula is C19H25N3O. The maximum Gasteiger partial charge on any atom is 0.139 e. The SMILES string of the molecule is CCn1ccnc1[C@H]1OCC[C@@H]1N[C@H]1CCc2ccccc2C1. The van der Waals surface area contributed by atoms with Crippen molar-refractivity contribution in [2.75, 3.05) is 6.61 Å². The van der Waals surface area contributed by atoms with Crippen LogP contribution in [-0.4, -0.2) is 28.2 Å². The fourth-order valence-corrected chi connectivity index (χ4v) is 4.00. The fraction of sp³-hybridized carbons (Fsp3) is 0.526. The van der Waals surface area contributed by atoms with E-state index in [0.717, 1.165) is 31.8 Å². The molecule has 2 heterocycles. The highest BCUT2D eigenvalue weighted by Gasteiger charge is 2.34. The van der Waals surface area contributed by atoms with E-state index in [1.165, 1.54) is 24.0 Å². The molecule has 4 heteroatoms. The second kappa shape index (κ2) is 6.46. The van der Waals surface area contributed by atoms with Crippen LogP contribution in [0.4, 0.5) is 0 Å². The highest BCUT2D eigenvalue weighted by Crippen LogP contribution is 2.30. The number of nitrogens with one attached hydrogen (secondary N) is 1. The third-order valence-electron chi connectivity index (χ3n) is 5.23. The Bertz CT molecular complexity index is 666. The minimum absolute atomic E-state index is 0.0853. The van der Waals surface area contributed by atoms with Gasteiger partial charge in [0.25, 0.3) is 0 Å². The van der Waals surface area contributed by atoms with E-state index < -0.39 is 0 Å². The number of hydrogen-bond donors (Lipinski definition) is 1. The van der Waals surface area contributed by atoms with Crippen molar-refractivity contribution < 1.29 is 4.74 Å². The van der Waals surface area contributed by atoms with Gasteiger partial charge in [-0.2, -0.15) is 0 Å². The van der Waals surface area contributed by atoms with Crippen LogP contribution in [0.2, 0.25) is 0 Å². The lowest BCUT2D eigenvalue weighted by Crippen LogP contribution is -2.43. The number of benzene rings is 1. The van der Waals surface area contributed by atoms with Crippen molar-refractivity contribution >= 4 is 0 Å². The summed E-state index contributed by atoms with van der Waals surface area (Å²) in [5.41, 5.74) is 3.02. The molecule has 1 N–H and O–H groups in total. The van der Waals surface area contributed by atoms with Crippen molar-refractivity contribution in [3.05, 3.63) is 53.6 Å². The second-order valence-electron chi connectivity index (χ2n) is 6.63. The highest BCUT2D eigenvalue weighted by molar-refractivity contribution is 5.30. The van der Waals surface area contributed by atoms with Gasteiger partial charge in [0.1, 0.15) is 11.9 Å². The number of ether oxygens (including phenoxy) is 1. The minimum atomic E-state index is 0.0853. The lowest BCUT2D eigenvalue weighted by molar-refractivity contribution is 0.0860. The van der Waals surface area contributed by atoms with E-state index >= 15 is 0 Å². The molecule has 0 bridgehead atoms. The molecule has 1 aliphatic carbocycles. The standard InChI is InChI=1S/C19H25N3O/c1-2-22-11-10-20-19(22)18-17(9-12-23-18)21-16-8-7-14-5-3-4-6-15(14)13-16/h3-6,10-11,16-18,21H,2,7-9,12-13H2,1H3/t16-,17-,18-/m0/s1. The van der Waals surface area contributed by atoms with Gasteiger partial charge in [0.2, 0.25) is 0 Å². The summed E-state index contributed by atoms with van der Waals surface area (Å²) in [6, 6.07) is 9.77. The second-order valence-corrected chi connectivity index (χ2v) is 6.63. The molecule has 2 aromatic rings. The van der Waals surface area contributed by atoms with E-state index in [9.17, 15) is 0 Å². The normalized spacial score (nSPS) is 27.1. The predicted molar refractivity (Wildman–Crippen MR) is 90.4 cm³/mol. The molecular weight excluding hydrogens is 286 g/mol. The largest absolute Gasteiger partial charge is 0.369 e. The van der Waals surface area contributed by atoms with Crippen molar-refractivity contribution in [3.63, 3.8) is 0 Å². The summed E-state index contributed by atoms with van der Waals surface area (Å²) >= 11 is 0. The molecule has 0 radical (unpaired) electrons. The molecule has 1 fully saturated rings. The molecule has 0 amide bonds. The quantitative estimate of drug-likeness (QED) is 0.943. The van der Waals surface area contributed by atoms with Gasteiger partial charge in [0.05, 0.1) is 0 Å². The van der Waals surface area contributed by atoms with Crippen LogP contribution < -0.4 is 5.32 Å². The molecule has 0 spiro atoms. The fourth-order valence-electron chi connectivity index (χ4n) is 4.00. The van der Waals surface area contributed by atoms with Crippen molar-refractivity contribution in [3.8, 4) is 0 Å². The monoisotopic (exact) mass is 311 g/mol. The first-order valence-electron chi connectivity index (χ1n) is 8.80. The summed E-state index contributed by atoms with van der Waals surface area (Å²) in [5, 5.41) is 3.87. The molecule has 0 unspecified atom stereocenters. The summed E-state index contributed by atoms with van der Waals surface area (Å²) in [4.78, 5) is 4.55. The van der Waals surface area contributed by atoms with Gasteiger partial charge < -0.3 is 14.6 Å². The van der Waals surface area contributed by atoms with Gasteiger partial charge >= 0.3 is 0 Å². The zero-order chi connectivity index (χ0) is 15.6. The Morgan fingerprint density at radius 1 is 1.26 bits per heavy atom. The number of rotatable bonds is 4. The van der Waals surface area contributed by atoms with Crippen LogP contribution in [0.1, 0.15) is 42.8 Å². The molecule has 4 rings (SSSR count). The third kappa shape index (κ3) is 2.93. The number of imidazole rings is 1. The van der Waals surface area contributed by atoms with Crippen molar-refractivity contribution in [1.82, 2.24) is 14.9 Å². The number of aromatic nitrogens is 2. The van der Waals surface area contributed by atoms with Crippen LogP contribution in [-0.2, 0) is 24.1 Å². The van der Waals surface area contributed by atoms with Crippen LogP contribution >= 0.6 is 0 Å². The Morgan fingerprint density at radius 3 is 3.00 bits per heavy atom. The van der Waals surface area contributed by atoms with E-state index in [0.29, 0.717) is 12.1 Å². The number of aryl methyl sites for hydroxylation is 2. The van der Waals surface area contributed by atoms with Gasteiger partial charge in [-0.1, -0.05) is 24.3 Å². The Kier molecular flexibility index (Phi) is 4.19. The molecule has 122 valence electrons. The van der Waals surface area contributed by atoms with Crippen molar-refractivity contribution in [1.29, 1.82) is 0 Å². The Labute approximate surface area is 137 Å². The Balaban J connectivity index is 1.46. The molecule has 1 aromatic heterocycles. The third-order valence-corrected chi connectivity index (χ3v) is 5.23. The van der Waals surface area contributed by atoms with Gasteiger partial charge in [-0.05, 0) is 43.7 Å². The van der Waals surface area contributed by atoms with Gasteiger partial charge in [0, 0.05) is 37.6 Å². The average molecular weight is 311 g/mol. The molecule has 1 aliphatic heterocycles. The summed E-state index contributed by atoms with van der Waals surface area (Å²) in [7, 11) is 0. The molecule has 0 saturated carbocycles. The zero-order valence-corrected chi connectivity index (χ0v) is 13.7. The van der Waals surface area contributed by atoms with E-state index in [-0.39, 0.29) is 6.10 Å². The predicted octanol–water partition coefficient (Wildman–Crippen LogP) is 2.88. The Morgan fingerprint density at radius 2 is 2.13 bits per heavy atom. The number of hydrogen-bond acceptors (Lipinski definition) is 3. The van der Waals surface area contributed by atoms with Crippen molar-refractivity contribution in [2.45, 2.75) is 57.3 Å². The number of nitrogens with zero attached hydrogens (tertiary/aromatic N) is 2. The van der Waals surface area contributed by atoms with E-state index in [4.69, 9.17) is 4.74 Å². The zero-order valence-electron chi connectivity index (χ0n) is 13.7. The van der Waals surface area contributed by atoms with E-state index in [2.05, 4.69) is 46.1 Å². The summed E-state index contributed by atoms with van der Waals surface area (Å²) in [6.07, 6.45) is 8.60. The maximum absolute atomic E-state index is 6.02. The summed E-state index contributed by atoms with van der Waals surface area (Å²) in [6.45, 7) is 3.92. The summed E-state index contributed by atoms with van der Waals surface area (Å²) in [5.74, 6) is 1.07. The summed E-state index contributed by atoms with van der Waals surface area (Å²) < 4.78 is 8.21. The Hall–Kier alpha value is -1.65. The van der Waals surface area contributed by atoms with Crippen LogP contribution in [0.3, 0.4) is 0 Å². The van der Waals surface area contributed by atoms with Gasteiger partial charge in [-0.15, -0.1) is 0 Å². The van der Waals surface area contributed by atoms with Crippen molar-refractivity contribution in [2.24, 2.45) is 0 Å². The molecule has 23 heavy (non-hydrogen) atoms. The van der Waals surface area contributed by atoms with Gasteiger partial charge in [-0.3, -0.25) is 0 Å². The van der Waals surface area contributed by atoms with Crippen LogP contribution in [0.5, 0.6) is 0 Å². The van der Waals surface area contributed by atoms with Crippen LogP contribution in [0, 0.1) is 0 Å². The lowest BCUT2D eigenvalue weighted by Gasteiger charge is -2.30. The maximum atomic E-state index is 6.02. The molecule has 4 nitrogen and oxygen atoms in total. The van der Waals surface area contributed by atoms with Gasteiger partial charge in [-0.25, -0.2) is 4.98 Å². The topological polar surface area (TPSA) is 39.1 Å². The molecule has 3 atom stereocenters.